The third-order valence-corrected chi connectivity index (χ3v) is 4.66. The number of carbonyl (C=O) groups excluding carboxylic acids is 1. The Morgan fingerprint density at radius 2 is 2.00 bits per heavy atom. The van der Waals surface area contributed by atoms with E-state index in [1.807, 2.05) is 0 Å². The first-order chi connectivity index (χ1) is 9.01. The lowest BCUT2D eigenvalue weighted by Crippen LogP contribution is -2.32. The molecule has 0 amide bonds. The van der Waals surface area contributed by atoms with Gasteiger partial charge in [0.05, 0.1) is 6.10 Å². The van der Waals surface area contributed by atoms with Crippen LogP contribution in [0.4, 0.5) is 0 Å². The first-order valence-corrected chi connectivity index (χ1v) is 7.72. The molecule has 7 heteroatoms. The van der Waals surface area contributed by atoms with Crippen molar-refractivity contribution in [2.75, 3.05) is 6.54 Å². The topological polar surface area (TPSA) is 96.6 Å². The Balaban J connectivity index is 1.92. The monoisotopic (exact) mass is 287 g/mol. The molecule has 1 saturated carbocycles. The summed E-state index contributed by atoms with van der Waals surface area (Å²) in [6.07, 6.45) is 3.24. The second kappa shape index (κ2) is 5.85. The van der Waals surface area contributed by atoms with Crippen molar-refractivity contribution in [1.29, 1.82) is 0 Å². The molecule has 19 heavy (non-hydrogen) atoms. The molecule has 1 aliphatic carbocycles. The summed E-state index contributed by atoms with van der Waals surface area (Å²) in [6.45, 7) is 0.326. The van der Waals surface area contributed by atoms with Gasteiger partial charge in [-0.15, -0.1) is 0 Å². The average Bonchev–Trinajstić information content (AvgIpc) is 2.88. The molecule has 1 heterocycles. The largest absolute Gasteiger partial charge is 0.440 e. The van der Waals surface area contributed by atoms with Gasteiger partial charge in [0.1, 0.15) is 0 Å². The van der Waals surface area contributed by atoms with E-state index in [4.69, 9.17) is 4.42 Å². The SMILES string of the molecule is O=Cc1ccc(S(=O)(=O)NCC2CCC(O)CC2)o1. The van der Waals surface area contributed by atoms with Crippen LogP contribution in [-0.4, -0.2) is 32.5 Å². The number of carbonyl (C=O) groups is 1. The first-order valence-electron chi connectivity index (χ1n) is 6.24. The fraction of sp³-hybridized carbons (Fsp3) is 0.583. The Kier molecular flexibility index (Phi) is 4.38. The van der Waals surface area contributed by atoms with E-state index in [2.05, 4.69) is 4.72 Å². The second-order valence-corrected chi connectivity index (χ2v) is 6.50. The molecule has 0 bridgehead atoms. The predicted octanol–water partition coefficient (Wildman–Crippen LogP) is 0.921. The summed E-state index contributed by atoms with van der Waals surface area (Å²) < 4.78 is 31.2. The zero-order valence-electron chi connectivity index (χ0n) is 10.4. The Bertz CT molecular complexity index is 528. The van der Waals surface area contributed by atoms with Crippen LogP contribution in [0.1, 0.15) is 36.2 Å². The van der Waals surface area contributed by atoms with E-state index in [0.717, 1.165) is 12.8 Å². The Labute approximate surface area is 111 Å². The molecule has 0 spiro atoms. The van der Waals surface area contributed by atoms with Gasteiger partial charge in [-0.25, -0.2) is 13.1 Å². The van der Waals surface area contributed by atoms with Crippen LogP contribution in [-0.2, 0) is 10.0 Å². The average molecular weight is 287 g/mol. The van der Waals surface area contributed by atoms with Crippen LogP contribution in [0.3, 0.4) is 0 Å². The molecule has 0 aliphatic heterocycles. The molecule has 6 nitrogen and oxygen atoms in total. The van der Waals surface area contributed by atoms with Gasteiger partial charge in [0.15, 0.2) is 12.0 Å². The summed E-state index contributed by atoms with van der Waals surface area (Å²) in [5.41, 5.74) is 0. The smallest absolute Gasteiger partial charge is 0.273 e. The van der Waals surface area contributed by atoms with Crippen LogP contribution < -0.4 is 4.72 Å². The number of aldehydes is 1. The minimum absolute atomic E-state index is 0.0128. The van der Waals surface area contributed by atoms with Crippen LogP contribution in [0.2, 0.25) is 0 Å². The summed E-state index contributed by atoms with van der Waals surface area (Å²) in [4.78, 5) is 10.5. The van der Waals surface area contributed by atoms with Crippen molar-refractivity contribution in [2.24, 2.45) is 5.92 Å². The van der Waals surface area contributed by atoms with Crippen molar-refractivity contribution < 1.29 is 22.7 Å². The van der Waals surface area contributed by atoms with Crippen molar-refractivity contribution in [1.82, 2.24) is 4.72 Å². The number of sulfonamides is 1. The number of aliphatic hydroxyl groups excluding tert-OH is 1. The van der Waals surface area contributed by atoms with E-state index in [0.29, 0.717) is 25.7 Å². The third kappa shape index (κ3) is 3.65. The highest BCUT2D eigenvalue weighted by molar-refractivity contribution is 7.89. The number of rotatable bonds is 5. The van der Waals surface area contributed by atoms with Crippen LogP contribution in [0.5, 0.6) is 0 Å². The van der Waals surface area contributed by atoms with E-state index in [-0.39, 0.29) is 22.9 Å². The van der Waals surface area contributed by atoms with E-state index in [1.54, 1.807) is 0 Å². The van der Waals surface area contributed by atoms with Crippen LogP contribution >= 0.6 is 0 Å². The lowest BCUT2D eigenvalue weighted by molar-refractivity contribution is 0.109. The summed E-state index contributed by atoms with van der Waals surface area (Å²) in [5, 5.41) is 9.13. The molecular weight excluding hydrogens is 270 g/mol. The summed E-state index contributed by atoms with van der Waals surface area (Å²) in [6, 6.07) is 2.58. The van der Waals surface area contributed by atoms with Gasteiger partial charge in [-0.2, -0.15) is 0 Å². The molecule has 0 saturated heterocycles. The maximum absolute atomic E-state index is 11.9. The minimum Gasteiger partial charge on any atom is -0.440 e. The van der Waals surface area contributed by atoms with E-state index >= 15 is 0 Å². The normalized spacial score (nSPS) is 24.3. The van der Waals surface area contributed by atoms with Crippen molar-refractivity contribution in [3.8, 4) is 0 Å². The molecule has 106 valence electrons. The number of aliphatic hydroxyl groups is 1. The van der Waals surface area contributed by atoms with Gasteiger partial charge in [0, 0.05) is 6.54 Å². The van der Waals surface area contributed by atoms with E-state index in [9.17, 15) is 18.3 Å². The van der Waals surface area contributed by atoms with Crippen LogP contribution in [0.25, 0.3) is 0 Å². The molecule has 1 fully saturated rings. The Morgan fingerprint density at radius 1 is 1.32 bits per heavy atom. The van der Waals surface area contributed by atoms with Crippen LogP contribution in [0.15, 0.2) is 21.6 Å². The molecule has 1 aliphatic rings. The van der Waals surface area contributed by atoms with E-state index < -0.39 is 10.0 Å². The van der Waals surface area contributed by atoms with Gasteiger partial charge in [0.25, 0.3) is 10.0 Å². The first kappa shape index (κ1) is 14.2. The van der Waals surface area contributed by atoms with Gasteiger partial charge >= 0.3 is 0 Å². The van der Waals surface area contributed by atoms with Crippen molar-refractivity contribution in [3.05, 3.63) is 17.9 Å². The standard InChI is InChI=1S/C12H17NO5S/c14-8-11-5-6-12(18-11)19(16,17)13-7-9-1-3-10(15)4-2-9/h5-6,8-10,13,15H,1-4,7H2. The Morgan fingerprint density at radius 3 is 2.58 bits per heavy atom. The highest BCUT2D eigenvalue weighted by Crippen LogP contribution is 2.24. The van der Waals surface area contributed by atoms with Crippen molar-refractivity contribution in [2.45, 2.75) is 36.9 Å². The molecule has 2 N–H and O–H groups in total. The highest BCUT2D eigenvalue weighted by Gasteiger charge is 2.23. The number of nitrogens with one attached hydrogen (secondary N) is 1. The van der Waals surface area contributed by atoms with Crippen molar-refractivity contribution in [3.63, 3.8) is 0 Å². The summed E-state index contributed by atoms with van der Waals surface area (Å²) in [5.74, 6) is 0.222. The highest BCUT2D eigenvalue weighted by atomic mass is 32.2. The van der Waals surface area contributed by atoms with Gasteiger partial charge in [-0.3, -0.25) is 4.79 Å². The quantitative estimate of drug-likeness (QED) is 0.785. The van der Waals surface area contributed by atoms with Gasteiger partial charge < -0.3 is 9.52 Å². The fourth-order valence-electron chi connectivity index (χ4n) is 2.19. The zero-order valence-corrected chi connectivity index (χ0v) is 11.2. The number of hydrogen-bond acceptors (Lipinski definition) is 5. The maximum Gasteiger partial charge on any atom is 0.273 e. The summed E-state index contributed by atoms with van der Waals surface area (Å²) >= 11 is 0. The summed E-state index contributed by atoms with van der Waals surface area (Å²) in [7, 11) is -3.70. The zero-order chi connectivity index (χ0) is 13.9. The molecule has 0 atom stereocenters. The van der Waals surface area contributed by atoms with Crippen molar-refractivity contribution >= 4 is 16.3 Å². The number of furan rings is 1. The third-order valence-electron chi connectivity index (χ3n) is 3.36. The molecule has 0 unspecified atom stereocenters. The minimum atomic E-state index is -3.70. The van der Waals surface area contributed by atoms with Gasteiger partial charge in [-0.05, 0) is 43.7 Å². The lowest BCUT2D eigenvalue weighted by Gasteiger charge is -2.25. The molecule has 2 rings (SSSR count). The predicted molar refractivity (Wildman–Crippen MR) is 67.2 cm³/mol. The second-order valence-electron chi connectivity index (χ2n) is 4.80. The molecule has 0 aromatic carbocycles. The fourth-order valence-corrected chi connectivity index (χ4v) is 3.24. The van der Waals surface area contributed by atoms with E-state index in [1.165, 1.54) is 12.1 Å². The molecule has 0 radical (unpaired) electrons. The number of hydrogen-bond donors (Lipinski definition) is 2. The Hall–Kier alpha value is -1.18. The van der Waals surface area contributed by atoms with Gasteiger partial charge in [0.2, 0.25) is 5.09 Å². The molecule has 1 aromatic rings. The van der Waals surface area contributed by atoms with Crippen LogP contribution in [0, 0.1) is 5.92 Å². The molecule has 1 aromatic heterocycles. The van der Waals surface area contributed by atoms with Gasteiger partial charge in [-0.1, -0.05) is 0 Å². The molecular formula is C12H17NO5S. The lowest BCUT2D eigenvalue weighted by atomic mass is 9.88. The maximum atomic E-state index is 11.9.